The van der Waals surface area contributed by atoms with Crippen LogP contribution in [0.3, 0.4) is 0 Å². The molecule has 144 valence electrons. The average molecular weight is 396 g/mol. The predicted octanol–water partition coefficient (Wildman–Crippen LogP) is 4.35. The first-order chi connectivity index (χ1) is 13.6. The molecule has 0 saturated heterocycles. The maximum atomic E-state index is 13.1. The summed E-state index contributed by atoms with van der Waals surface area (Å²) in [6.07, 6.45) is 0. The second-order valence-corrected chi connectivity index (χ2v) is 7.08. The molecule has 0 aromatic heterocycles. The highest BCUT2D eigenvalue weighted by atomic mass is 35.5. The predicted molar refractivity (Wildman–Crippen MR) is 113 cm³/mol. The summed E-state index contributed by atoms with van der Waals surface area (Å²) in [5.41, 5.74) is 2.76. The van der Waals surface area contributed by atoms with Crippen molar-refractivity contribution < 1.29 is 14.8 Å². The fourth-order valence-electron chi connectivity index (χ4n) is 3.10. The van der Waals surface area contributed by atoms with Gasteiger partial charge >= 0.3 is 0 Å². The zero-order valence-electron chi connectivity index (χ0n) is 15.9. The Bertz CT molecular complexity index is 913. The van der Waals surface area contributed by atoms with Crippen LogP contribution < -0.4 is 15.4 Å². The Morgan fingerprint density at radius 2 is 1.68 bits per heavy atom. The van der Waals surface area contributed by atoms with E-state index in [4.69, 9.17) is 16.3 Å². The highest BCUT2D eigenvalue weighted by Gasteiger charge is 2.27. The summed E-state index contributed by atoms with van der Waals surface area (Å²) in [6, 6.07) is 24.6. The summed E-state index contributed by atoms with van der Waals surface area (Å²) >= 11 is 6.00. The number of halogens is 1. The maximum Gasteiger partial charge on any atom is 0.287 e. The lowest BCUT2D eigenvalue weighted by Crippen LogP contribution is -2.87. The molecule has 0 heterocycles. The van der Waals surface area contributed by atoms with Gasteiger partial charge in [-0.25, -0.2) is 0 Å². The van der Waals surface area contributed by atoms with E-state index in [2.05, 4.69) is 17.6 Å². The first kappa shape index (κ1) is 19.9. The lowest BCUT2D eigenvalue weighted by Gasteiger charge is -2.20. The SMILES string of the molecule is COc1cccc(NC(=O)[C@H]([NH2+][C@H](C)c2ccc(Cl)cc2)c2ccccc2)c1. The Labute approximate surface area is 170 Å². The number of hydrogen-bond donors (Lipinski definition) is 2. The number of anilines is 1. The molecule has 0 fully saturated rings. The molecule has 0 spiro atoms. The van der Waals surface area contributed by atoms with Gasteiger partial charge in [0.2, 0.25) is 0 Å². The molecule has 3 rings (SSSR count). The van der Waals surface area contributed by atoms with E-state index in [0.717, 1.165) is 11.1 Å². The molecule has 4 nitrogen and oxygen atoms in total. The third-order valence-electron chi connectivity index (χ3n) is 4.66. The van der Waals surface area contributed by atoms with Crippen LogP contribution in [0.4, 0.5) is 5.69 Å². The van der Waals surface area contributed by atoms with Crippen LogP contribution in [0.5, 0.6) is 5.75 Å². The number of rotatable bonds is 7. The van der Waals surface area contributed by atoms with Gasteiger partial charge in [0.1, 0.15) is 11.8 Å². The summed E-state index contributed by atoms with van der Waals surface area (Å²) in [7, 11) is 1.61. The molecule has 0 saturated carbocycles. The van der Waals surface area contributed by atoms with Gasteiger partial charge in [0.25, 0.3) is 5.91 Å². The molecule has 5 heteroatoms. The van der Waals surface area contributed by atoms with Crippen molar-refractivity contribution in [3.05, 3.63) is 95.0 Å². The van der Waals surface area contributed by atoms with Gasteiger partial charge in [-0.05, 0) is 31.2 Å². The van der Waals surface area contributed by atoms with Crippen LogP contribution in [-0.2, 0) is 4.79 Å². The Kier molecular flexibility index (Phi) is 6.69. The van der Waals surface area contributed by atoms with E-state index in [1.54, 1.807) is 7.11 Å². The van der Waals surface area contributed by atoms with Crippen molar-refractivity contribution in [1.29, 1.82) is 0 Å². The highest BCUT2D eigenvalue weighted by Crippen LogP contribution is 2.20. The molecule has 0 bridgehead atoms. The Morgan fingerprint density at radius 3 is 2.36 bits per heavy atom. The summed E-state index contributed by atoms with van der Waals surface area (Å²) < 4.78 is 5.24. The number of methoxy groups -OCH3 is 1. The molecule has 0 aliphatic rings. The van der Waals surface area contributed by atoms with Crippen molar-refractivity contribution in [2.75, 3.05) is 12.4 Å². The largest absolute Gasteiger partial charge is 0.497 e. The minimum absolute atomic E-state index is 0.0820. The first-order valence-electron chi connectivity index (χ1n) is 9.17. The number of carbonyl (C=O) groups excluding carboxylic acids is 1. The van der Waals surface area contributed by atoms with Gasteiger partial charge in [-0.2, -0.15) is 0 Å². The lowest BCUT2D eigenvalue weighted by molar-refractivity contribution is -0.718. The third-order valence-corrected chi connectivity index (χ3v) is 4.91. The fourth-order valence-corrected chi connectivity index (χ4v) is 3.22. The van der Waals surface area contributed by atoms with E-state index >= 15 is 0 Å². The number of carbonyl (C=O) groups is 1. The molecule has 0 unspecified atom stereocenters. The van der Waals surface area contributed by atoms with E-state index < -0.39 is 6.04 Å². The van der Waals surface area contributed by atoms with Crippen LogP contribution in [0.2, 0.25) is 5.02 Å². The van der Waals surface area contributed by atoms with Crippen molar-refractivity contribution in [3.8, 4) is 5.75 Å². The second kappa shape index (κ2) is 9.40. The van der Waals surface area contributed by atoms with Gasteiger partial charge in [-0.3, -0.25) is 4.79 Å². The van der Waals surface area contributed by atoms with Crippen LogP contribution in [0.15, 0.2) is 78.9 Å². The quantitative estimate of drug-likeness (QED) is 0.624. The van der Waals surface area contributed by atoms with E-state index in [9.17, 15) is 4.79 Å². The molecule has 28 heavy (non-hydrogen) atoms. The van der Waals surface area contributed by atoms with Gasteiger partial charge in [0, 0.05) is 27.9 Å². The summed E-state index contributed by atoms with van der Waals surface area (Å²) in [5, 5.41) is 5.77. The normalized spacial score (nSPS) is 12.8. The summed E-state index contributed by atoms with van der Waals surface area (Å²) in [4.78, 5) is 13.1. The van der Waals surface area contributed by atoms with Crippen LogP contribution in [-0.4, -0.2) is 13.0 Å². The van der Waals surface area contributed by atoms with Crippen molar-refractivity contribution in [2.45, 2.75) is 19.0 Å². The third kappa shape index (κ3) is 5.12. The number of quaternary nitrogens is 1. The molecule has 3 aromatic carbocycles. The summed E-state index contributed by atoms with van der Waals surface area (Å²) in [6.45, 7) is 2.08. The lowest BCUT2D eigenvalue weighted by atomic mass is 10.0. The number of ether oxygens (including phenoxy) is 1. The minimum Gasteiger partial charge on any atom is -0.497 e. The topological polar surface area (TPSA) is 54.9 Å². The number of nitrogens with one attached hydrogen (secondary N) is 1. The van der Waals surface area contributed by atoms with Gasteiger partial charge < -0.3 is 15.4 Å². The molecule has 2 atom stereocenters. The number of nitrogens with two attached hydrogens (primary N) is 1. The van der Waals surface area contributed by atoms with E-state index in [0.29, 0.717) is 16.5 Å². The highest BCUT2D eigenvalue weighted by molar-refractivity contribution is 6.30. The van der Waals surface area contributed by atoms with Crippen LogP contribution in [0, 0.1) is 0 Å². The van der Waals surface area contributed by atoms with Crippen molar-refractivity contribution in [3.63, 3.8) is 0 Å². The molecule has 1 amide bonds. The zero-order chi connectivity index (χ0) is 19.9. The van der Waals surface area contributed by atoms with Gasteiger partial charge in [0.15, 0.2) is 6.04 Å². The van der Waals surface area contributed by atoms with Gasteiger partial charge in [-0.15, -0.1) is 0 Å². The van der Waals surface area contributed by atoms with E-state index in [1.807, 2.05) is 78.9 Å². The van der Waals surface area contributed by atoms with E-state index in [1.165, 1.54) is 0 Å². The Balaban J connectivity index is 1.82. The van der Waals surface area contributed by atoms with Crippen LogP contribution in [0.25, 0.3) is 0 Å². The fraction of sp³-hybridized carbons (Fsp3) is 0.174. The van der Waals surface area contributed by atoms with Crippen molar-refractivity contribution in [1.82, 2.24) is 0 Å². The first-order valence-corrected chi connectivity index (χ1v) is 9.55. The van der Waals surface area contributed by atoms with Gasteiger partial charge in [-0.1, -0.05) is 60.1 Å². The molecule has 0 radical (unpaired) electrons. The zero-order valence-corrected chi connectivity index (χ0v) is 16.7. The average Bonchev–Trinajstić information content (AvgIpc) is 2.73. The minimum atomic E-state index is -0.391. The monoisotopic (exact) mass is 395 g/mol. The summed E-state index contributed by atoms with van der Waals surface area (Å²) in [5.74, 6) is 0.618. The Morgan fingerprint density at radius 1 is 0.964 bits per heavy atom. The second-order valence-electron chi connectivity index (χ2n) is 6.64. The Hall–Kier alpha value is -2.82. The van der Waals surface area contributed by atoms with Crippen LogP contribution in [0.1, 0.15) is 30.1 Å². The molecule has 3 N–H and O–H groups in total. The molecule has 3 aromatic rings. The van der Waals surface area contributed by atoms with Crippen molar-refractivity contribution in [2.24, 2.45) is 0 Å². The smallest absolute Gasteiger partial charge is 0.287 e. The molecular weight excluding hydrogens is 372 g/mol. The number of amides is 1. The number of hydrogen-bond acceptors (Lipinski definition) is 2. The van der Waals surface area contributed by atoms with Gasteiger partial charge in [0.05, 0.1) is 7.11 Å². The van der Waals surface area contributed by atoms with Crippen molar-refractivity contribution >= 4 is 23.2 Å². The molecule has 0 aliphatic heterocycles. The maximum absolute atomic E-state index is 13.1. The van der Waals surface area contributed by atoms with E-state index in [-0.39, 0.29) is 11.9 Å². The van der Waals surface area contributed by atoms with Crippen LogP contribution >= 0.6 is 11.6 Å². The molecular formula is C23H24ClN2O2+. The number of benzene rings is 3. The standard InChI is InChI=1S/C23H23ClN2O2/c1-16(17-11-13-19(24)14-12-17)25-22(18-7-4-3-5-8-18)23(27)26-20-9-6-10-21(15-20)28-2/h3-16,22,25H,1-2H3,(H,26,27)/p+1/t16-,22-/m1/s1. The molecule has 0 aliphatic carbocycles.